The van der Waals surface area contributed by atoms with Gasteiger partial charge in [0.05, 0.1) is 5.69 Å². The number of hydrogen-bond acceptors (Lipinski definition) is 3. The van der Waals surface area contributed by atoms with Crippen LogP contribution in [0.2, 0.25) is 0 Å². The van der Waals surface area contributed by atoms with Crippen LogP contribution in [0.25, 0.3) is 0 Å². The average molecular weight is 339 g/mol. The molecular formula is C14H12BrFN2O2. The van der Waals surface area contributed by atoms with Gasteiger partial charge in [0.1, 0.15) is 11.6 Å². The maximum Gasteiger partial charge on any atom is 0.262 e. The topological polar surface area (TPSA) is 64.3 Å². The van der Waals surface area contributed by atoms with E-state index in [0.29, 0.717) is 15.9 Å². The van der Waals surface area contributed by atoms with E-state index < -0.39 is 11.7 Å². The first-order chi connectivity index (χ1) is 9.54. The lowest BCUT2D eigenvalue weighted by Crippen LogP contribution is -2.20. The fourth-order valence-corrected chi connectivity index (χ4v) is 1.82. The Morgan fingerprint density at radius 1 is 1.25 bits per heavy atom. The summed E-state index contributed by atoms with van der Waals surface area (Å²) in [6, 6.07) is 11.0. The molecule has 0 saturated heterocycles. The predicted molar refractivity (Wildman–Crippen MR) is 79.1 cm³/mol. The molecule has 4 nitrogen and oxygen atoms in total. The number of carbonyl (C=O) groups is 1. The summed E-state index contributed by atoms with van der Waals surface area (Å²) in [6.07, 6.45) is 0. The number of halogens is 2. The van der Waals surface area contributed by atoms with E-state index in [2.05, 4.69) is 21.2 Å². The van der Waals surface area contributed by atoms with Crippen LogP contribution < -0.4 is 15.8 Å². The summed E-state index contributed by atoms with van der Waals surface area (Å²) in [7, 11) is 0. The Morgan fingerprint density at radius 2 is 1.95 bits per heavy atom. The molecule has 2 rings (SSSR count). The minimum atomic E-state index is -0.514. The van der Waals surface area contributed by atoms with Crippen molar-refractivity contribution in [3.63, 3.8) is 0 Å². The van der Waals surface area contributed by atoms with Crippen LogP contribution in [0.4, 0.5) is 15.8 Å². The van der Waals surface area contributed by atoms with Gasteiger partial charge >= 0.3 is 0 Å². The standard InChI is InChI=1S/C14H12BrFN2O2/c15-9-1-6-13(12(16)7-9)18-14(19)8-20-11-4-2-10(17)3-5-11/h1-7H,8,17H2,(H,18,19). The van der Waals surface area contributed by atoms with Crippen molar-refractivity contribution in [3.05, 3.63) is 52.8 Å². The second-order valence-electron chi connectivity index (χ2n) is 4.03. The lowest BCUT2D eigenvalue weighted by molar-refractivity contribution is -0.118. The maximum absolute atomic E-state index is 13.5. The molecule has 0 bridgehead atoms. The molecule has 0 aromatic heterocycles. The second kappa shape index (κ2) is 6.38. The summed E-state index contributed by atoms with van der Waals surface area (Å²) in [5, 5.41) is 2.43. The number of nitrogens with one attached hydrogen (secondary N) is 1. The van der Waals surface area contributed by atoms with E-state index in [1.807, 2.05) is 0 Å². The number of carbonyl (C=O) groups excluding carboxylic acids is 1. The molecule has 3 N–H and O–H groups in total. The highest BCUT2D eigenvalue weighted by atomic mass is 79.9. The quantitative estimate of drug-likeness (QED) is 0.841. The molecule has 6 heteroatoms. The second-order valence-corrected chi connectivity index (χ2v) is 4.95. The monoisotopic (exact) mass is 338 g/mol. The van der Waals surface area contributed by atoms with Gasteiger partial charge in [0, 0.05) is 10.2 Å². The number of nitrogen functional groups attached to an aromatic ring is 1. The first-order valence-electron chi connectivity index (χ1n) is 5.78. The molecular weight excluding hydrogens is 327 g/mol. The number of benzene rings is 2. The Hall–Kier alpha value is -2.08. The smallest absolute Gasteiger partial charge is 0.262 e. The average Bonchev–Trinajstić information content (AvgIpc) is 2.41. The van der Waals surface area contributed by atoms with Gasteiger partial charge in [0.25, 0.3) is 5.91 Å². The normalized spacial score (nSPS) is 10.1. The molecule has 0 aliphatic rings. The molecule has 0 fully saturated rings. The highest BCUT2D eigenvalue weighted by Gasteiger charge is 2.08. The molecule has 0 saturated carbocycles. The van der Waals surface area contributed by atoms with E-state index in [-0.39, 0.29) is 12.3 Å². The summed E-state index contributed by atoms with van der Waals surface area (Å²) in [4.78, 5) is 11.7. The Morgan fingerprint density at radius 3 is 2.60 bits per heavy atom. The van der Waals surface area contributed by atoms with Crippen LogP contribution in [0, 0.1) is 5.82 Å². The summed E-state index contributed by atoms with van der Waals surface area (Å²) >= 11 is 3.14. The van der Waals surface area contributed by atoms with Gasteiger partial charge in [-0.3, -0.25) is 4.79 Å². The van der Waals surface area contributed by atoms with Crippen LogP contribution in [0.3, 0.4) is 0 Å². The molecule has 2 aromatic carbocycles. The molecule has 0 radical (unpaired) electrons. The summed E-state index contributed by atoms with van der Waals surface area (Å²) in [5.41, 5.74) is 6.25. The van der Waals surface area contributed by atoms with Crippen molar-refractivity contribution in [2.75, 3.05) is 17.7 Å². The van der Waals surface area contributed by atoms with E-state index in [1.165, 1.54) is 12.1 Å². The van der Waals surface area contributed by atoms with E-state index in [1.54, 1.807) is 30.3 Å². The Kier molecular flexibility index (Phi) is 4.57. The van der Waals surface area contributed by atoms with Gasteiger partial charge in [-0.15, -0.1) is 0 Å². The number of ether oxygens (including phenoxy) is 1. The molecule has 2 aromatic rings. The van der Waals surface area contributed by atoms with Crippen LogP contribution in [0.5, 0.6) is 5.75 Å². The van der Waals surface area contributed by atoms with Crippen LogP contribution in [-0.2, 0) is 4.79 Å². The highest BCUT2D eigenvalue weighted by Crippen LogP contribution is 2.19. The highest BCUT2D eigenvalue weighted by molar-refractivity contribution is 9.10. The molecule has 1 amide bonds. The van der Waals surface area contributed by atoms with Gasteiger partial charge in [-0.05, 0) is 42.5 Å². The third-order valence-corrected chi connectivity index (χ3v) is 2.95. The van der Waals surface area contributed by atoms with Crippen molar-refractivity contribution in [2.24, 2.45) is 0 Å². The summed E-state index contributed by atoms with van der Waals surface area (Å²) in [6.45, 7) is -0.209. The molecule has 0 aliphatic heterocycles. The first kappa shape index (κ1) is 14.3. The fraction of sp³-hybridized carbons (Fsp3) is 0.0714. The molecule has 0 spiro atoms. The Balaban J connectivity index is 1.90. The van der Waals surface area contributed by atoms with E-state index >= 15 is 0 Å². The largest absolute Gasteiger partial charge is 0.484 e. The van der Waals surface area contributed by atoms with Crippen molar-refractivity contribution >= 4 is 33.2 Å². The van der Waals surface area contributed by atoms with Gasteiger partial charge in [-0.1, -0.05) is 15.9 Å². The third kappa shape index (κ3) is 3.96. The van der Waals surface area contributed by atoms with Crippen molar-refractivity contribution in [2.45, 2.75) is 0 Å². The Bertz CT molecular complexity index is 617. The number of anilines is 2. The van der Waals surface area contributed by atoms with Crippen LogP contribution in [-0.4, -0.2) is 12.5 Å². The Labute approximate surface area is 123 Å². The minimum absolute atomic E-state index is 0.110. The van der Waals surface area contributed by atoms with E-state index in [4.69, 9.17) is 10.5 Å². The van der Waals surface area contributed by atoms with Gasteiger partial charge in [0.2, 0.25) is 0 Å². The lowest BCUT2D eigenvalue weighted by atomic mass is 10.3. The van der Waals surface area contributed by atoms with Crippen LogP contribution >= 0.6 is 15.9 Å². The number of rotatable bonds is 4. The molecule has 20 heavy (non-hydrogen) atoms. The third-order valence-electron chi connectivity index (χ3n) is 2.46. The summed E-state index contributed by atoms with van der Waals surface area (Å²) < 4.78 is 19.4. The molecule has 0 heterocycles. The van der Waals surface area contributed by atoms with Crippen LogP contribution in [0.15, 0.2) is 46.9 Å². The number of hydrogen-bond donors (Lipinski definition) is 2. The van der Waals surface area contributed by atoms with Crippen molar-refractivity contribution in [3.8, 4) is 5.75 Å². The van der Waals surface area contributed by atoms with Gasteiger partial charge in [-0.2, -0.15) is 0 Å². The van der Waals surface area contributed by atoms with Crippen molar-refractivity contribution in [1.82, 2.24) is 0 Å². The van der Waals surface area contributed by atoms with Crippen molar-refractivity contribution in [1.29, 1.82) is 0 Å². The van der Waals surface area contributed by atoms with Gasteiger partial charge in [-0.25, -0.2) is 4.39 Å². The summed E-state index contributed by atoms with van der Waals surface area (Å²) in [5.74, 6) is -0.436. The van der Waals surface area contributed by atoms with Gasteiger partial charge < -0.3 is 15.8 Å². The zero-order chi connectivity index (χ0) is 14.5. The molecule has 0 atom stereocenters. The SMILES string of the molecule is Nc1ccc(OCC(=O)Nc2ccc(Br)cc2F)cc1. The van der Waals surface area contributed by atoms with Gasteiger partial charge in [0.15, 0.2) is 6.61 Å². The van der Waals surface area contributed by atoms with Crippen LogP contribution in [0.1, 0.15) is 0 Å². The lowest BCUT2D eigenvalue weighted by Gasteiger charge is -2.08. The van der Waals surface area contributed by atoms with Crippen molar-refractivity contribution < 1.29 is 13.9 Å². The zero-order valence-electron chi connectivity index (χ0n) is 10.4. The van der Waals surface area contributed by atoms with E-state index in [0.717, 1.165) is 0 Å². The molecule has 0 aliphatic carbocycles. The first-order valence-corrected chi connectivity index (χ1v) is 6.57. The zero-order valence-corrected chi connectivity index (χ0v) is 12.0. The fourth-order valence-electron chi connectivity index (χ4n) is 1.49. The molecule has 104 valence electrons. The maximum atomic E-state index is 13.5. The molecule has 0 unspecified atom stereocenters. The number of nitrogens with two attached hydrogens (primary N) is 1. The van der Waals surface area contributed by atoms with E-state index in [9.17, 15) is 9.18 Å². The minimum Gasteiger partial charge on any atom is -0.484 e. The predicted octanol–water partition coefficient (Wildman–Crippen LogP) is 3.19. The number of amides is 1.